The van der Waals surface area contributed by atoms with Gasteiger partial charge < -0.3 is 5.32 Å². The quantitative estimate of drug-likeness (QED) is 0.539. The van der Waals surface area contributed by atoms with Gasteiger partial charge in [-0.05, 0) is 36.4 Å². The first-order valence-electron chi connectivity index (χ1n) is 7.23. The molecule has 26 heavy (non-hydrogen) atoms. The first kappa shape index (κ1) is 18.5. The first-order chi connectivity index (χ1) is 12.2. The highest BCUT2D eigenvalue weighted by atomic mass is 79.9. The number of halogens is 5. The summed E-state index contributed by atoms with van der Waals surface area (Å²) < 4.78 is 39.3. The Kier molecular flexibility index (Phi) is 5.06. The molecule has 0 spiro atoms. The van der Waals surface area contributed by atoms with Crippen LogP contribution in [0.15, 0.2) is 53.0 Å². The summed E-state index contributed by atoms with van der Waals surface area (Å²) in [6.07, 6.45) is -4.53. The molecule has 4 nitrogen and oxygen atoms in total. The fourth-order valence-corrected chi connectivity index (χ4v) is 2.62. The number of anilines is 1. The molecular formula is C17H10BrClF3N3O. The molecule has 2 N–H and O–H groups in total. The van der Waals surface area contributed by atoms with Gasteiger partial charge in [-0.15, -0.1) is 0 Å². The number of rotatable bonds is 3. The number of carbonyl (C=O) groups excluding carboxylic acids is 1. The summed E-state index contributed by atoms with van der Waals surface area (Å²) in [5.41, 5.74) is 0.360. The van der Waals surface area contributed by atoms with Crippen molar-refractivity contribution in [2.75, 3.05) is 5.32 Å². The SMILES string of the molecule is O=C(Nc1cc(C(F)(F)F)ccc1Cl)c1cc(-c2ccc(Br)cc2)n[nH]1. The van der Waals surface area contributed by atoms with Gasteiger partial charge in [-0.1, -0.05) is 39.7 Å². The predicted octanol–water partition coefficient (Wildman–Crippen LogP) is 5.76. The van der Waals surface area contributed by atoms with Crippen LogP contribution in [0.5, 0.6) is 0 Å². The van der Waals surface area contributed by atoms with Gasteiger partial charge in [0.1, 0.15) is 5.69 Å². The summed E-state index contributed by atoms with van der Waals surface area (Å²) >= 11 is 9.21. The highest BCUT2D eigenvalue weighted by molar-refractivity contribution is 9.10. The Balaban J connectivity index is 1.82. The van der Waals surface area contributed by atoms with Crippen LogP contribution in [-0.2, 0) is 6.18 Å². The van der Waals surface area contributed by atoms with Crippen molar-refractivity contribution in [1.29, 1.82) is 0 Å². The van der Waals surface area contributed by atoms with E-state index in [0.29, 0.717) is 5.69 Å². The molecule has 1 aromatic heterocycles. The number of nitrogens with zero attached hydrogens (tertiary/aromatic N) is 1. The van der Waals surface area contributed by atoms with E-state index in [2.05, 4.69) is 31.4 Å². The van der Waals surface area contributed by atoms with E-state index in [0.717, 1.165) is 28.2 Å². The van der Waals surface area contributed by atoms with Crippen molar-refractivity contribution in [3.8, 4) is 11.3 Å². The molecule has 0 saturated heterocycles. The molecule has 0 aliphatic carbocycles. The van der Waals surface area contributed by atoms with Crippen molar-refractivity contribution in [2.24, 2.45) is 0 Å². The van der Waals surface area contributed by atoms with Gasteiger partial charge in [-0.2, -0.15) is 18.3 Å². The Morgan fingerprint density at radius 3 is 2.46 bits per heavy atom. The minimum Gasteiger partial charge on any atom is -0.319 e. The first-order valence-corrected chi connectivity index (χ1v) is 8.40. The Labute approximate surface area is 159 Å². The fourth-order valence-electron chi connectivity index (χ4n) is 2.19. The number of aromatic nitrogens is 2. The summed E-state index contributed by atoms with van der Waals surface area (Å²) in [4.78, 5) is 12.3. The molecular weight excluding hydrogens is 435 g/mol. The maximum absolute atomic E-state index is 12.8. The van der Waals surface area contributed by atoms with Gasteiger partial charge in [0.25, 0.3) is 5.91 Å². The predicted molar refractivity (Wildman–Crippen MR) is 96.1 cm³/mol. The molecule has 1 amide bonds. The minimum atomic E-state index is -4.53. The van der Waals surface area contributed by atoms with Crippen LogP contribution >= 0.6 is 27.5 Å². The average Bonchev–Trinajstić information content (AvgIpc) is 3.06. The number of hydrogen-bond acceptors (Lipinski definition) is 2. The van der Waals surface area contributed by atoms with Crippen LogP contribution in [0.3, 0.4) is 0 Å². The molecule has 0 atom stereocenters. The van der Waals surface area contributed by atoms with Crippen LogP contribution in [-0.4, -0.2) is 16.1 Å². The zero-order valence-corrected chi connectivity index (χ0v) is 15.2. The molecule has 134 valence electrons. The molecule has 3 aromatic rings. The number of carbonyl (C=O) groups is 1. The van der Waals surface area contributed by atoms with Crippen molar-refractivity contribution >= 4 is 39.1 Å². The van der Waals surface area contributed by atoms with E-state index < -0.39 is 17.6 Å². The maximum atomic E-state index is 12.8. The van der Waals surface area contributed by atoms with Crippen molar-refractivity contribution in [2.45, 2.75) is 6.18 Å². The van der Waals surface area contributed by atoms with Crippen LogP contribution in [0.4, 0.5) is 18.9 Å². The highest BCUT2D eigenvalue weighted by Crippen LogP contribution is 2.34. The number of alkyl halides is 3. The monoisotopic (exact) mass is 443 g/mol. The van der Waals surface area contributed by atoms with Crippen LogP contribution in [0, 0.1) is 0 Å². The number of hydrogen-bond donors (Lipinski definition) is 2. The second-order valence-electron chi connectivity index (χ2n) is 5.32. The zero-order chi connectivity index (χ0) is 18.9. The lowest BCUT2D eigenvalue weighted by Crippen LogP contribution is -2.14. The van der Waals surface area contributed by atoms with Gasteiger partial charge in [0.2, 0.25) is 0 Å². The molecule has 0 bridgehead atoms. The molecule has 0 fully saturated rings. The molecule has 0 radical (unpaired) electrons. The van der Waals surface area contributed by atoms with E-state index in [-0.39, 0.29) is 16.4 Å². The number of H-pyrrole nitrogens is 1. The topological polar surface area (TPSA) is 57.8 Å². The minimum absolute atomic E-state index is 0.000927. The molecule has 0 saturated carbocycles. The second kappa shape index (κ2) is 7.13. The number of nitrogens with one attached hydrogen (secondary N) is 2. The van der Waals surface area contributed by atoms with Crippen LogP contribution in [0.2, 0.25) is 5.02 Å². The van der Waals surface area contributed by atoms with Crippen LogP contribution < -0.4 is 5.32 Å². The molecule has 2 aromatic carbocycles. The van der Waals surface area contributed by atoms with Crippen molar-refractivity contribution < 1.29 is 18.0 Å². The lowest BCUT2D eigenvalue weighted by atomic mass is 10.1. The Hall–Kier alpha value is -2.32. The van der Waals surface area contributed by atoms with E-state index in [9.17, 15) is 18.0 Å². The van der Waals surface area contributed by atoms with E-state index in [1.807, 2.05) is 24.3 Å². The number of benzene rings is 2. The summed E-state index contributed by atoms with van der Waals surface area (Å²) in [5, 5.41) is 8.97. The Morgan fingerprint density at radius 1 is 1.12 bits per heavy atom. The Bertz CT molecular complexity index is 955. The zero-order valence-electron chi connectivity index (χ0n) is 12.9. The molecule has 0 unspecified atom stereocenters. The molecule has 1 heterocycles. The van der Waals surface area contributed by atoms with E-state index in [1.54, 1.807) is 0 Å². The van der Waals surface area contributed by atoms with Gasteiger partial charge in [0.05, 0.1) is 22.0 Å². The standard InChI is InChI=1S/C17H10BrClF3N3O/c18-11-4-1-9(2-5-11)13-8-15(25-24-13)16(26)23-14-7-10(17(20,21)22)3-6-12(14)19/h1-8H,(H,23,26)(H,24,25). The van der Waals surface area contributed by atoms with Crippen molar-refractivity contribution in [3.05, 3.63) is 69.3 Å². The van der Waals surface area contributed by atoms with Crippen LogP contribution in [0.25, 0.3) is 11.3 Å². The van der Waals surface area contributed by atoms with Gasteiger partial charge in [0, 0.05) is 10.0 Å². The van der Waals surface area contributed by atoms with Gasteiger partial charge in [-0.3, -0.25) is 9.89 Å². The number of amides is 1. The average molecular weight is 445 g/mol. The smallest absolute Gasteiger partial charge is 0.319 e. The highest BCUT2D eigenvalue weighted by Gasteiger charge is 2.31. The van der Waals surface area contributed by atoms with Crippen molar-refractivity contribution in [1.82, 2.24) is 10.2 Å². The van der Waals surface area contributed by atoms with Gasteiger partial charge >= 0.3 is 6.18 Å². The van der Waals surface area contributed by atoms with Crippen molar-refractivity contribution in [3.63, 3.8) is 0 Å². The van der Waals surface area contributed by atoms with Gasteiger partial charge in [-0.25, -0.2) is 0 Å². The molecule has 0 aliphatic heterocycles. The summed E-state index contributed by atoms with van der Waals surface area (Å²) in [6, 6.07) is 11.5. The third kappa shape index (κ3) is 4.08. The van der Waals surface area contributed by atoms with Gasteiger partial charge in [0.15, 0.2) is 0 Å². The largest absolute Gasteiger partial charge is 0.416 e. The molecule has 0 aliphatic rings. The van der Waals surface area contributed by atoms with E-state index in [1.165, 1.54) is 6.07 Å². The molecule has 3 rings (SSSR count). The maximum Gasteiger partial charge on any atom is 0.416 e. The second-order valence-corrected chi connectivity index (χ2v) is 6.64. The van der Waals surface area contributed by atoms with E-state index in [4.69, 9.17) is 11.6 Å². The third-order valence-electron chi connectivity index (χ3n) is 3.50. The lowest BCUT2D eigenvalue weighted by molar-refractivity contribution is -0.137. The normalized spacial score (nSPS) is 11.4. The molecule has 9 heteroatoms. The Morgan fingerprint density at radius 2 is 1.81 bits per heavy atom. The number of aromatic amines is 1. The lowest BCUT2D eigenvalue weighted by Gasteiger charge is -2.11. The summed E-state index contributed by atoms with van der Waals surface area (Å²) in [7, 11) is 0. The summed E-state index contributed by atoms with van der Waals surface area (Å²) in [6.45, 7) is 0. The van der Waals surface area contributed by atoms with E-state index >= 15 is 0 Å². The third-order valence-corrected chi connectivity index (χ3v) is 4.36. The fraction of sp³-hybridized carbons (Fsp3) is 0.0588. The summed E-state index contributed by atoms with van der Waals surface area (Å²) in [5.74, 6) is -0.651. The van der Waals surface area contributed by atoms with Crippen LogP contribution in [0.1, 0.15) is 16.1 Å².